The van der Waals surface area contributed by atoms with E-state index in [1.54, 1.807) is 7.11 Å². The molecule has 162 valence electrons. The third-order valence-corrected chi connectivity index (χ3v) is 5.66. The molecule has 0 fully saturated rings. The van der Waals surface area contributed by atoms with Crippen LogP contribution in [0, 0.1) is 5.92 Å². The SMILES string of the molecule is C=CC1=C(/C=C\C)c2ccccc2C1COC(=C)NC[C@@H](CC(CC)C(=C)O)OC. The Balaban J connectivity index is 1.98. The molecule has 1 aromatic rings. The van der Waals surface area contributed by atoms with Crippen molar-refractivity contribution in [2.24, 2.45) is 5.92 Å². The monoisotopic (exact) mass is 409 g/mol. The Labute approximate surface area is 181 Å². The lowest BCUT2D eigenvalue weighted by atomic mass is 9.96. The number of methoxy groups -OCH3 is 1. The number of aliphatic hydroxyl groups is 1. The normalized spacial score (nSPS) is 17.5. The summed E-state index contributed by atoms with van der Waals surface area (Å²) in [6, 6.07) is 8.40. The molecule has 2 N–H and O–H groups in total. The lowest BCUT2D eigenvalue weighted by molar-refractivity contribution is 0.0728. The first-order valence-corrected chi connectivity index (χ1v) is 10.5. The molecule has 0 radical (unpaired) electrons. The van der Waals surface area contributed by atoms with Gasteiger partial charge in [0.1, 0.15) is 6.61 Å². The number of nitrogens with one attached hydrogen (secondary N) is 1. The van der Waals surface area contributed by atoms with Crippen molar-refractivity contribution < 1.29 is 14.6 Å². The Morgan fingerprint density at radius 1 is 1.30 bits per heavy atom. The van der Waals surface area contributed by atoms with E-state index in [-0.39, 0.29) is 23.7 Å². The predicted molar refractivity (Wildman–Crippen MR) is 125 cm³/mol. The fraction of sp³-hybridized carbons (Fsp3) is 0.385. The molecule has 1 aromatic carbocycles. The van der Waals surface area contributed by atoms with E-state index < -0.39 is 0 Å². The standard InChI is InChI=1S/C26H35NO3/c1-7-12-23-22(9-3)26(25-14-11-10-13-24(23)25)17-30-19(5)27-16-21(29-6)15-20(8-2)18(4)28/h7,9-14,20-21,26-28H,3-5,8,15-17H2,1-2,6H3/b12-7-/t20?,21-,26?/m1/s1. The zero-order valence-corrected chi connectivity index (χ0v) is 18.5. The summed E-state index contributed by atoms with van der Waals surface area (Å²) in [4.78, 5) is 0. The van der Waals surface area contributed by atoms with Gasteiger partial charge in [-0.1, -0.05) is 62.6 Å². The van der Waals surface area contributed by atoms with Gasteiger partial charge in [-0.25, -0.2) is 0 Å². The van der Waals surface area contributed by atoms with Crippen LogP contribution in [0.1, 0.15) is 43.7 Å². The van der Waals surface area contributed by atoms with E-state index in [2.05, 4.69) is 61.5 Å². The molecule has 3 atom stereocenters. The van der Waals surface area contributed by atoms with Crippen LogP contribution in [0.2, 0.25) is 0 Å². The maximum atomic E-state index is 9.70. The molecule has 0 aliphatic heterocycles. The van der Waals surface area contributed by atoms with Crippen LogP contribution in [0.15, 0.2) is 79.4 Å². The van der Waals surface area contributed by atoms with E-state index in [0.29, 0.717) is 25.5 Å². The highest BCUT2D eigenvalue weighted by Crippen LogP contribution is 2.43. The number of hydrogen-bond acceptors (Lipinski definition) is 4. The molecule has 0 saturated carbocycles. The number of ether oxygens (including phenoxy) is 2. The predicted octanol–water partition coefficient (Wildman–Crippen LogP) is 5.88. The largest absolute Gasteiger partial charge is 0.513 e. The van der Waals surface area contributed by atoms with Gasteiger partial charge in [0.15, 0.2) is 5.88 Å². The molecule has 30 heavy (non-hydrogen) atoms. The van der Waals surface area contributed by atoms with Crippen molar-refractivity contribution >= 4 is 5.57 Å². The molecule has 2 unspecified atom stereocenters. The van der Waals surface area contributed by atoms with E-state index in [9.17, 15) is 5.11 Å². The molecule has 2 rings (SSSR count). The van der Waals surface area contributed by atoms with Crippen molar-refractivity contribution in [1.29, 1.82) is 0 Å². The van der Waals surface area contributed by atoms with Gasteiger partial charge < -0.3 is 19.9 Å². The third kappa shape index (κ3) is 5.67. The molecule has 1 aliphatic rings. The maximum absolute atomic E-state index is 9.70. The minimum absolute atomic E-state index is 0.0197. The van der Waals surface area contributed by atoms with Gasteiger partial charge in [-0.15, -0.1) is 0 Å². The Morgan fingerprint density at radius 2 is 2.03 bits per heavy atom. The molecule has 0 bridgehead atoms. The van der Waals surface area contributed by atoms with Crippen LogP contribution in [-0.4, -0.2) is 31.5 Å². The highest BCUT2D eigenvalue weighted by Gasteiger charge is 2.29. The Kier molecular flexibility index (Phi) is 9.00. The van der Waals surface area contributed by atoms with Crippen LogP contribution in [-0.2, 0) is 9.47 Å². The number of aliphatic hydroxyl groups excluding tert-OH is 1. The highest BCUT2D eigenvalue weighted by molar-refractivity contribution is 5.86. The van der Waals surface area contributed by atoms with E-state index in [4.69, 9.17) is 9.47 Å². The average molecular weight is 410 g/mol. The Hall–Kier alpha value is -2.72. The van der Waals surface area contributed by atoms with Gasteiger partial charge in [0.25, 0.3) is 0 Å². The first-order chi connectivity index (χ1) is 14.5. The topological polar surface area (TPSA) is 50.7 Å². The van der Waals surface area contributed by atoms with E-state index in [1.165, 1.54) is 22.3 Å². The molecule has 0 heterocycles. The second kappa shape index (κ2) is 11.5. The average Bonchev–Trinajstić information content (AvgIpc) is 3.05. The van der Waals surface area contributed by atoms with Gasteiger partial charge in [-0.05, 0) is 48.6 Å². The highest BCUT2D eigenvalue weighted by atomic mass is 16.5. The summed E-state index contributed by atoms with van der Waals surface area (Å²) in [7, 11) is 1.67. The van der Waals surface area contributed by atoms with Gasteiger partial charge in [0.2, 0.25) is 0 Å². The van der Waals surface area contributed by atoms with Crippen LogP contribution in [0.4, 0.5) is 0 Å². The third-order valence-electron chi connectivity index (χ3n) is 5.66. The zero-order chi connectivity index (χ0) is 22.1. The lowest BCUT2D eigenvalue weighted by Crippen LogP contribution is -2.31. The van der Waals surface area contributed by atoms with Gasteiger partial charge in [0, 0.05) is 25.5 Å². The number of benzene rings is 1. The summed E-state index contributed by atoms with van der Waals surface area (Å²) in [5, 5.41) is 12.9. The molecule has 0 amide bonds. The fourth-order valence-electron chi connectivity index (χ4n) is 3.92. The Morgan fingerprint density at radius 3 is 2.63 bits per heavy atom. The van der Waals surface area contributed by atoms with Gasteiger partial charge >= 0.3 is 0 Å². The van der Waals surface area contributed by atoms with Crippen LogP contribution < -0.4 is 5.32 Å². The Bertz CT molecular complexity index is 821. The van der Waals surface area contributed by atoms with Crippen LogP contribution in [0.3, 0.4) is 0 Å². The lowest BCUT2D eigenvalue weighted by Gasteiger charge is -2.23. The molecule has 1 aliphatic carbocycles. The first-order valence-electron chi connectivity index (χ1n) is 10.5. The maximum Gasteiger partial charge on any atom is 0.179 e. The summed E-state index contributed by atoms with van der Waals surface area (Å²) in [5.41, 5.74) is 4.84. The van der Waals surface area contributed by atoms with Gasteiger partial charge in [-0.2, -0.15) is 0 Å². The van der Waals surface area contributed by atoms with Crippen LogP contribution >= 0.6 is 0 Å². The smallest absolute Gasteiger partial charge is 0.179 e. The summed E-state index contributed by atoms with van der Waals surface area (Å²) >= 11 is 0. The number of rotatable bonds is 13. The van der Waals surface area contributed by atoms with Crippen LogP contribution in [0.5, 0.6) is 0 Å². The molecule has 0 saturated heterocycles. The zero-order valence-electron chi connectivity index (χ0n) is 18.5. The molecular formula is C26H35NO3. The van der Waals surface area contributed by atoms with Gasteiger partial charge in [0.05, 0.1) is 11.9 Å². The molecule has 0 spiro atoms. The summed E-state index contributed by atoms with van der Waals surface area (Å²) in [6.07, 6.45) is 7.54. The summed E-state index contributed by atoms with van der Waals surface area (Å²) in [5.74, 6) is 0.846. The van der Waals surface area contributed by atoms with Crippen molar-refractivity contribution in [3.8, 4) is 0 Å². The van der Waals surface area contributed by atoms with E-state index >= 15 is 0 Å². The first kappa shape index (κ1) is 23.6. The summed E-state index contributed by atoms with van der Waals surface area (Å²) in [6.45, 7) is 16.8. The van der Waals surface area contributed by atoms with Crippen LogP contribution in [0.25, 0.3) is 5.57 Å². The second-order valence-corrected chi connectivity index (χ2v) is 7.52. The molecule has 4 nitrogen and oxygen atoms in total. The van der Waals surface area contributed by atoms with Crippen molar-refractivity contribution in [2.45, 2.75) is 38.7 Å². The minimum Gasteiger partial charge on any atom is -0.513 e. The van der Waals surface area contributed by atoms with Gasteiger partial charge in [-0.3, -0.25) is 0 Å². The fourth-order valence-corrected chi connectivity index (χ4v) is 3.92. The van der Waals surface area contributed by atoms with Crippen molar-refractivity contribution in [3.05, 3.63) is 90.6 Å². The van der Waals surface area contributed by atoms with E-state index in [1.807, 2.05) is 19.9 Å². The second-order valence-electron chi connectivity index (χ2n) is 7.52. The number of allylic oxidation sites excluding steroid dienone is 5. The number of fused-ring (bicyclic) bond motifs is 1. The minimum atomic E-state index is -0.0728. The number of hydrogen-bond donors (Lipinski definition) is 2. The molecular weight excluding hydrogens is 374 g/mol. The van der Waals surface area contributed by atoms with Crippen molar-refractivity contribution in [2.75, 3.05) is 20.3 Å². The van der Waals surface area contributed by atoms with E-state index in [0.717, 1.165) is 6.42 Å². The van der Waals surface area contributed by atoms with Crippen molar-refractivity contribution in [1.82, 2.24) is 5.32 Å². The molecule has 4 heteroatoms. The van der Waals surface area contributed by atoms with Crippen molar-refractivity contribution in [3.63, 3.8) is 0 Å². The quantitative estimate of drug-likeness (QED) is 0.400. The molecule has 0 aromatic heterocycles. The summed E-state index contributed by atoms with van der Waals surface area (Å²) < 4.78 is 11.5.